The predicted molar refractivity (Wildman–Crippen MR) is 72.7 cm³/mol. The standard InChI is InChI=1S/C15H22N2O3/c1-10-5-4-6-11(9-10)17-13(19)15(7-2-3-8-15)12(18)16-14(17)20/h10-11H,2-9H2,1H3,(H,16,18,20). The lowest BCUT2D eigenvalue weighted by Gasteiger charge is -2.42. The first-order valence-electron chi connectivity index (χ1n) is 7.74. The highest BCUT2D eigenvalue weighted by Gasteiger charge is 2.56. The Bertz CT molecular complexity index is 454. The summed E-state index contributed by atoms with van der Waals surface area (Å²) in [7, 11) is 0. The minimum absolute atomic E-state index is 0.0307. The molecule has 1 heterocycles. The van der Waals surface area contributed by atoms with E-state index in [-0.39, 0.29) is 17.9 Å². The van der Waals surface area contributed by atoms with Gasteiger partial charge in [-0.1, -0.05) is 32.6 Å². The molecule has 3 fully saturated rings. The number of urea groups is 1. The van der Waals surface area contributed by atoms with Gasteiger partial charge < -0.3 is 0 Å². The Kier molecular flexibility index (Phi) is 3.30. The third kappa shape index (κ3) is 1.95. The van der Waals surface area contributed by atoms with E-state index in [9.17, 15) is 14.4 Å². The number of amides is 4. The number of carbonyl (C=O) groups excluding carboxylic acids is 3. The summed E-state index contributed by atoms with van der Waals surface area (Å²) in [5.74, 6) is -0.0699. The molecule has 5 heteroatoms. The van der Waals surface area contributed by atoms with Gasteiger partial charge in [-0.05, 0) is 31.6 Å². The van der Waals surface area contributed by atoms with Crippen LogP contribution in [0.4, 0.5) is 4.79 Å². The van der Waals surface area contributed by atoms with Crippen molar-refractivity contribution < 1.29 is 14.4 Å². The summed E-state index contributed by atoms with van der Waals surface area (Å²) in [6, 6.07) is -0.534. The SMILES string of the molecule is CC1CCCC(N2C(=O)NC(=O)C3(CCCC3)C2=O)C1. The molecule has 1 saturated heterocycles. The maximum absolute atomic E-state index is 12.8. The molecule has 0 aromatic rings. The van der Waals surface area contributed by atoms with Crippen molar-refractivity contribution in [2.24, 2.45) is 11.3 Å². The van der Waals surface area contributed by atoms with E-state index in [0.29, 0.717) is 18.8 Å². The molecule has 20 heavy (non-hydrogen) atoms. The first kappa shape index (κ1) is 13.6. The van der Waals surface area contributed by atoms with E-state index >= 15 is 0 Å². The minimum atomic E-state index is -0.950. The van der Waals surface area contributed by atoms with E-state index in [4.69, 9.17) is 0 Å². The Hall–Kier alpha value is -1.39. The summed E-state index contributed by atoms with van der Waals surface area (Å²) in [5, 5.41) is 2.43. The minimum Gasteiger partial charge on any atom is -0.277 e. The molecular weight excluding hydrogens is 256 g/mol. The largest absolute Gasteiger partial charge is 0.331 e. The molecule has 3 rings (SSSR count). The van der Waals surface area contributed by atoms with Crippen LogP contribution < -0.4 is 5.32 Å². The fourth-order valence-corrected chi connectivity index (χ4v) is 4.08. The lowest BCUT2D eigenvalue weighted by Crippen LogP contribution is -2.65. The summed E-state index contributed by atoms with van der Waals surface area (Å²) in [4.78, 5) is 38.5. The highest BCUT2D eigenvalue weighted by atomic mass is 16.2. The molecule has 2 saturated carbocycles. The number of carbonyl (C=O) groups is 3. The van der Waals surface area contributed by atoms with Gasteiger partial charge in [0.15, 0.2) is 0 Å². The second-order valence-electron chi connectivity index (χ2n) is 6.65. The van der Waals surface area contributed by atoms with Crippen LogP contribution in [0.15, 0.2) is 0 Å². The van der Waals surface area contributed by atoms with Gasteiger partial charge in [-0.25, -0.2) is 4.79 Å². The first-order valence-corrected chi connectivity index (χ1v) is 7.74. The van der Waals surface area contributed by atoms with E-state index < -0.39 is 11.4 Å². The smallest absolute Gasteiger partial charge is 0.277 e. The van der Waals surface area contributed by atoms with Gasteiger partial charge in [0.2, 0.25) is 11.8 Å². The van der Waals surface area contributed by atoms with E-state index in [1.54, 1.807) is 0 Å². The van der Waals surface area contributed by atoms with Gasteiger partial charge in [-0.3, -0.25) is 19.8 Å². The van der Waals surface area contributed by atoms with E-state index in [1.165, 1.54) is 4.90 Å². The molecule has 2 atom stereocenters. The molecule has 1 spiro atoms. The maximum atomic E-state index is 12.8. The van der Waals surface area contributed by atoms with Gasteiger partial charge in [0.1, 0.15) is 5.41 Å². The molecule has 0 aromatic heterocycles. The Morgan fingerprint density at radius 3 is 2.45 bits per heavy atom. The Morgan fingerprint density at radius 1 is 1.10 bits per heavy atom. The molecule has 1 N–H and O–H groups in total. The molecule has 110 valence electrons. The van der Waals surface area contributed by atoms with Crippen molar-refractivity contribution in [2.75, 3.05) is 0 Å². The fraction of sp³-hybridized carbons (Fsp3) is 0.800. The molecule has 1 aliphatic heterocycles. The van der Waals surface area contributed by atoms with Crippen molar-refractivity contribution in [3.8, 4) is 0 Å². The third-order valence-electron chi connectivity index (χ3n) is 5.23. The van der Waals surface area contributed by atoms with Gasteiger partial charge in [0, 0.05) is 6.04 Å². The molecule has 0 radical (unpaired) electrons. The average molecular weight is 278 g/mol. The van der Waals surface area contributed by atoms with Crippen LogP contribution in [-0.4, -0.2) is 28.8 Å². The topological polar surface area (TPSA) is 66.5 Å². The average Bonchev–Trinajstić information content (AvgIpc) is 2.87. The van der Waals surface area contributed by atoms with Gasteiger partial charge in [0.05, 0.1) is 0 Å². The zero-order chi connectivity index (χ0) is 14.3. The van der Waals surface area contributed by atoms with Crippen molar-refractivity contribution in [1.29, 1.82) is 0 Å². The van der Waals surface area contributed by atoms with Crippen LogP contribution in [0.5, 0.6) is 0 Å². The lowest BCUT2D eigenvalue weighted by atomic mass is 9.79. The normalized spacial score (nSPS) is 33.6. The molecule has 5 nitrogen and oxygen atoms in total. The monoisotopic (exact) mass is 278 g/mol. The summed E-state index contributed by atoms with van der Waals surface area (Å²) in [5.41, 5.74) is -0.950. The molecule has 2 unspecified atom stereocenters. The van der Waals surface area contributed by atoms with Crippen molar-refractivity contribution in [1.82, 2.24) is 10.2 Å². The van der Waals surface area contributed by atoms with Gasteiger partial charge in [0.25, 0.3) is 0 Å². The summed E-state index contributed by atoms with van der Waals surface area (Å²) in [6.45, 7) is 2.16. The highest BCUT2D eigenvalue weighted by Crippen LogP contribution is 2.43. The van der Waals surface area contributed by atoms with Crippen molar-refractivity contribution in [2.45, 2.75) is 64.3 Å². The summed E-state index contributed by atoms with van der Waals surface area (Å²) < 4.78 is 0. The summed E-state index contributed by atoms with van der Waals surface area (Å²) >= 11 is 0. The molecule has 0 bridgehead atoms. The van der Waals surface area contributed by atoms with Gasteiger partial charge in [-0.15, -0.1) is 0 Å². The van der Waals surface area contributed by atoms with Crippen LogP contribution in [0.25, 0.3) is 0 Å². The van der Waals surface area contributed by atoms with Crippen LogP contribution in [0.2, 0.25) is 0 Å². The van der Waals surface area contributed by atoms with Crippen molar-refractivity contribution in [3.63, 3.8) is 0 Å². The van der Waals surface area contributed by atoms with Gasteiger partial charge in [-0.2, -0.15) is 0 Å². The van der Waals surface area contributed by atoms with Crippen LogP contribution in [0.3, 0.4) is 0 Å². The number of barbiturate groups is 1. The fourth-order valence-electron chi connectivity index (χ4n) is 4.08. The van der Waals surface area contributed by atoms with E-state index in [2.05, 4.69) is 12.2 Å². The van der Waals surface area contributed by atoms with Crippen LogP contribution in [0, 0.1) is 11.3 Å². The Morgan fingerprint density at radius 2 is 1.80 bits per heavy atom. The quantitative estimate of drug-likeness (QED) is 0.748. The molecule has 2 aliphatic carbocycles. The van der Waals surface area contributed by atoms with E-state index in [0.717, 1.165) is 38.5 Å². The highest BCUT2D eigenvalue weighted by molar-refractivity contribution is 6.19. The number of imide groups is 2. The number of hydrogen-bond donors (Lipinski definition) is 1. The summed E-state index contributed by atoms with van der Waals surface area (Å²) in [6.07, 6.45) is 6.89. The molecular formula is C15H22N2O3. The Balaban J connectivity index is 1.87. The van der Waals surface area contributed by atoms with Gasteiger partial charge >= 0.3 is 6.03 Å². The Labute approximate surface area is 119 Å². The second kappa shape index (κ2) is 4.86. The van der Waals surface area contributed by atoms with Crippen LogP contribution >= 0.6 is 0 Å². The zero-order valence-corrected chi connectivity index (χ0v) is 12.0. The zero-order valence-electron chi connectivity index (χ0n) is 12.0. The van der Waals surface area contributed by atoms with Crippen LogP contribution in [0.1, 0.15) is 58.3 Å². The molecule has 3 aliphatic rings. The van der Waals surface area contributed by atoms with Crippen molar-refractivity contribution in [3.05, 3.63) is 0 Å². The number of nitrogens with zero attached hydrogens (tertiary/aromatic N) is 1. The van der Waals surface area contributed by atoms with Crippen molar-refractivity contribution >= 4 is 17.8 Å². The molecule has 4 amide bonds. The number of rotatable bonds is 1. The van der Waals surface area contributed by atoms with Crippen LogP contribution in [-0.2, 0) is 9.59 Å². The van der Waals surface area contributed by atoms with E-state index in [1.807, 2.05) is 0 Å². The second-order valence-corrected chi connectivity index (χ2v) is 6.65. The predicted octanol–water partition coefficient (Wildman–Crippen LogP) is 2.20. The molecule has 0 aromatic carbocycles. The maximum Gasteiger partial charge on any atom is 0.331 e. The third-order valence-corrected chi connectivity index (χ3v) is 5.23. The number of hydrogen-bond acceptors (Lipinski definition) is 3. The number of nitrogens with one attached hydrogen (secondary N) is 1. The first-order chi connectivity index (χ1) is 9.54. The lowest BCUT2D eigenvalue weighted by molar-refractivity contribution is -0.153.